The fourth-order valence-corrected chi connectivity index (χ4v) is 4.26. The molecule has 0 saturated heterocycles. The number of benzene rings is 1. The number of aryl methyl sites for hydroxylation is 1. The molecule has 3 N–H and O–H groups in total. The average Bonchev–Trinajstić information content (AvgIpc) is 3.36. The third kappa shape index (κ3) is 2.83. The number of amides is 1. The van der Waals surface area contributed by atoms with Gasteiger partial charge in [-0.25, -0.2) is 14.6 Å². The SMILES string of the molecule is NC(=O)c1nn(-c2ccccc2)c2c1CCc1cnc(NC3CCCC3)nc1-2. The first-order valence-electron chi connectivity index (χ1n) is 9.80. The molecule has 28 heavy (non-hydrogen) atoms. The summed E-state index contributed by atoms with van der Waals surface area (Å²) in [5.41, 5.74) is 10.4. The molecule has 0 unspecified atom stereocenters. The highest BCUT2D eigenvalue weighted by Gasteiger charge is 2.30. The van der Waals surface area contributed by atoms with E-state index in [9.17, 15) is 4.79 Å². The number of nitrogens with zero attached hydrogens (tertiary/aromatic N) is 4. The fraction of sp³-hybridized carbons (Fsp3) is 0.333. The minimum atomic E-state index is -0.507. The van der Waals surface area contributed by atoms with E-state index in [0.29, 0.717) is 24.1 Å². The second-order valence-electron chi connectivity index (χ2n) is 7.48. The molecular weight excluding hydrogens is 352 g/mol. The Morgan fingerprint density at radius 1 is 1.14 bits per heavy atom. The summed E-state index contributed by atoms with van der Waals surface area (Å²) in [5, 5.41) is 8.02. The molecule has 0 spiro atoms. The number of rotatable bonds is 4. The van der Waals surface area contributed by atoms with Gasteiger partial charge < -0.3 is 11.1 Å². The summed E-state index contributed by atoms with van der Waals surface area (Å²) in [7, 11) is 0. The van der Waals surface area contributed by atoms with Crippen molar-refractivity contribution in [1.29, 1.82) is 0 Å². The van der Waals surface area contributed by atoms with Crippen molar-refractivity contribution >= 4 is 11.9 Å². The van der Waals surface area contributed by atoms with Gasteiger partial charge in [-0.3, -0.25) is 4.79 Å². The smallest absolute Gasteiger partial charge is 0.269 e. The van der Waals surface area contributed by atoms with Crippen LogP contribution in [0.15, 0.2) is 36.5 Å². The molecule has 7 heteroatoms. The lowest BCUT2D eigenvalue weighted by atomic mass is 9.93. The summed E-state index contributed by atoms with van der Waals surface area (Å²) >= 11 is 0. The maximum atomic E-state index is 12.0. The maximum absolute atomic E-state index is 12.0. The molecule has 2 aliphatic carbocycles. The van der Waals surface area contributed by atoms with Crippen molar-refractivity contribution in [3.63, 3.8) is 0 Å². The molecule has 0 radical (unpaired) electrons. The van der Waals surface area contributed by atoms with Crippen molar-refractivity contribution in [2.24, 2.45) is 5.73 Å². The van der Waals surface area contributed by atoms with Gasteiger partial charge in [-0.1, -0.05) is 31.0 Å². The van der Waals surface area contributed by atoms with Crippen LogP contribution in [0.1, 0.15) is 47.3 Å². The number of nitrogens with two attached hydrogens (primary N) is 1. The molecule has 0 atom stereocenters. The van der Waals surface area contributed by atoms with E-state index in [0.717, 1.165) is 47.5 Å². The van der Waals surface area contributed by atoms with Crippen LogP contribution in [0.4, 0.5) is 5.95 Å². The Kier molecular flexibility index (Phi) is 4.07. The Bertz CT molecular complexity index is 1040. The standard InChI is InChI=1S/C21H22N6O/c22-20(28)18-16-11-10-13-12-23-21(24-14-6-4-5-7-14)25-17(13)19(16)27(26-18)15-8-2-1-3-9-15/h1-3,8-9,12,14H,4-7,10-11H2,(H2,22,28)(H,23,24,25). The molecule has 7 nitrogen and oxygen atoms in total. The van der Waals surface area contributed by atoms with Gasteiger partial charge in [0, 0.05) is 17.8 Å². The predicted molar refractivity (Wildman–Crippen MR) is 106 cm³/mol. The number of carbonyl (C=O) groups is 1. The molecule has 142 valence electrons. The summed E-state index contributed by atoms with van der Waals surface area (Å²) in [6.07, 6.45) is 8.16. The van der Waals surface area contributed by atoms with Gasteiger partial charge in [0.15, 0.2) is 5.69 Å². The highest BCUT2D eigenvalue weighted by atomic mass is 16.1. The van der Waals surface area contributed by atoms with E-state index < -0.39 is 5.91 Å². The van der Waals surface area contributed by atoms with Crippen LogP contribution in [0, 0.1) is 0 Å². The zero-order chi connectivity index (χ0) is 19.1. The number of aromatic nitrogens is 4. The Labute approximate surface area is 163 Å². The number of nitrogens with one attached hydrogen (secondary N) is 1. The number of hydrogen-bond donors (Lipinski definition) is 2. The normalized spacial score (nSPS) is 15.9. The van der Waals surface area contributed by atoms with Gasteiger partial charge in [0.25, 0.3) is 5.91 Å². The second kappa shape index (κ2) is 6.74. The molecule has 1 saturated carbocycles. The first-order chi connectivity index (χ1) is 13.7. The van der Waals surface area contributed by atoms with Gasteiger partial charge in [-0.15, -0.1) is 0 Å². The highest BCUT2D eigenvalue weighted by molar-refractivity contribution is 5.95. The number of carbonyl (C=O) groups excluding carboxylic acids is 1. The van der Waals surface area contributed by atoms with Crippen LogP contribution in [0.2, 0.25) is 0 Å². The van der Waals surface area contributed by atoms with Crippen LogP contribution in [0.3, 0.4) is 0 Å². The first kappa shape index (κ1) is 16.9. The number of para-hydroxylation sites is 1. The summed E-state index contributed by atoms with van der Waals surface area (Å²) < 4.78 is 1.79. The van der Waals surface area contributed by atoms with Crippen LogP contribution in [-0.4, -0.2) is 31.7 Å². The van der Waals surface area contributed by atoms with Crippen molar-refractivity contribution < 1.29 is 4.79 Å². The molecule has 5 rings (SSSR count). The van der Waals surface area contributed by atoms with Gasteiger partial charge in [-0.05, 0) is 43.4 Å². The minimum absolute atomic E-state index is 0.327. The molecule has 0 bridgehead atoms. The molecule has 1 amide bonds. The predicted octanol–water partition coefficient (Wildman–Crippen LogP) is 2.88. The zero-order valence-corrected chi connectivity index (χ0v) is 15.6. The van der Waals surface area contributed by atoms with E-state index in [2.05, 4.69) is 15.4 Å². The summed E-state index contributed by atoms with van der Waals surface area (Å²) in [5.74, 6) is 0.132. The molecule has 0 aliphatic heterocycles. The Hall–Kier alpha value is -3.22. The molecule has 3 aromatic rings. The molecule has 2 heterocycles. The zero-order valence-electron chi connectivity index (χ0n) is 15.6. The van der Waals surface area contributed by atoms with E-state index >= 15 is 0 Å². The third-order valence-corrected chi connectivity index (χ3v) is 5.64. The van der Waals surface area contributed by atoms with Gasteiger partial charge >= 0.3 is 0 Å². The van der Waals surface area contributed by atoms with Crippen molar-refractivity contribution in [3.05, 3.63) is 53.3 Å². The van der Waals surface area contributed by atoms with Crippen LogP contribution in [-0.2, 0) is 12.8 Å². The minimum Gasteiger partial charge on any atom is -0.364 e. The molecular formula is C21H22N6O. The Balaban J connectivity index is 1.65. The molecule has 1 aromatic carbocycles. The maximum Gasteiger partial charge on any atom is 0.269 e. The number of anilines is 1. The Morgan fingerprint density at radius 2 is 1.93 bits per heavy atom. The summed E-state index contributed by atoms with van der Waals surface area (Å²) in [6.45, 7) is 0. The lowest BCUT2D eigenvalue weighted by Crippen LogP contribution is -2.19. The molecule has 2 aliphatic rings. The lowest BCUT2D eigenvalue weighted by Gasteiger charge is -2.19. The van der Waals surface area contributed by atoms with Crippen molar-refractivity contribution in [3.8, 4) is 17.1 Å². The quantitative estimate of drug-likeness (QED) is 0.732. The topological polar surface area (TPSA) is 98.7 Å². The lowest BCUT2D eigenvalue weighted by molar-refractivity contribution is 0.0994. The second-order valence-corrected chi connectivity index (χ2v) is 7.48. The van der Waals surface area contributed by atoms with Crippen molar-refractivity contribution in [2.45, 2.75) is 44.6 Å². The third-order valence-electron chi connectivity index (χ3n) is 5.64. The van der Waals surface area contributed by atoms with Gasteiger partial charge in [0.1, 0.15) is 0 Å². The van der Waals surface area contributed by atoms with E-state index in [-0.39, 0.29) is 0 Å². The van der Waals surface area contributed by atoms with Crippen LogP contribution < -0.4 is 11.1 Å². The highest BCUT2D eigenvalue weighted by Crippen LogP contribution is 2.36. The van der Waals surface area contributed by atoms with Crippen molar-refractivity contribution in [2.75, 3.05) is 5.32 Å². The summed E-state index contributed by atoms with van der Waals surface area (Å²) in [6, 6.07) is 10.2. The van der Waals surface area contributed by atoms with Crippen LogP contribution >= 0.6 is 0 Å². The van der Waals surface area contributed by atoms with Crippen molar-refractivity contribution in [1.82, 2.24) is 19.7 Å². The monoisotopic (exact) mass is 374 g/mol. The van der Waals surface area contributed by atoms with Gasteiger partial charge in [-0.2, -0.15) is 5.10 Å². The van der Waals surface area contributed by atoms with Crippen LogP contribution in [0.5, 0.6) is 0 Å². The number of hydrogen-bond acceptors (Lipinski definition) is 5. The van der Waals surface area contributed by atoms with E-state index in [1.807, 2.05) is 36.5 Å². The van der Waals surface area contributed by atoms with Gasteiger partial charge in [0.2, 0.25) is 5.95 Å². The number of primary amides is 1. The number of fused-ring (bicyclic) bond motifs is 3. The van der Waals surface area contributed by atoms with E-state index in [4.69, 9.17) is 10.7 Å². The summed E-state index contributed by atoms with van der Waals surface area (Å²) in [4.78, 5) is 21.4. The van der Waals surface area contributed by atoms with E-state index in [1.165, 1.54) is 12.8 Å². The molecule has 2 aromatic heterocycles. The van der Waals surface area contributed by atoms with Crippen LogP contribution in [0.25, 0.3) is 17.1 Å². The Morgan fingerprint density at radius 3 is 2.68 bits per heavy atom. The first-order valence-corrected chi connectivity index (χ1v) is 9.80. The van der Waals surface area contributed by atoms with Gasteiger partial charge in [0.05, 0.1) is 17.1 Å². The van der Waals surface area contributed by atoms with E-state index in [1.54, 1.807) is 4.68 Å². The molecule has 1 fully saturated rings. The average molecular weight is 374 g/mol. The largest absolute Gasteiger partial charge is 0.364 e. The fourth-order valence-electron chi connectivity index (χ4n) is 4.26.